The second-order valence-corrected chi connectivity index (χ2v) is 5.17. The van der Waals surface area contributed by atoms with Crippen molar-refractivity contribution in [1.29, 1.82) is 0 Å². The molecule has 0 aliphatic carbocycles. The van der Waals surface area contributed by atoms with Crippen LogP contribution in [0.5, 0.6) is 0 Å². The Balaban J connectivity index is 2.00. The average molecular weight is 233 g/mol. The van der Waals surface area contributed by atoms with Crippen molar-refractivity contribution in [2.24, 2.45) is 5.92 Å². The highest BCUT2D eigenvalue weighted by atomic mass is 16.2. The fraction of sp³-hybridized carbons (Fsp3) is 0.600. The van der Waals surface area contributed by atoms with Gasteiger partial charge in [0.05, 0.1) is 0 Å². The van der Waals surface area contributed by atoms with E-state index in [1.54, 1.807) is 0 Å². The summed E-state index contributed by atoms with van der Waals surface area (Å²) in [7, 11) is 0. The maximum absolute atomic E-state index is 8.86. The van der Waals surface area contributed by atoms with Crippen molar-refractivity contribution in [2.45, 2.75) is 32.6 Å². The fourth-order valence-electron chi connectivity index (χ4n) is 2.46. The Morgan fingerprint density at radius 1 is 1.29 bits per heavy atom. The summed E-state index contributed by atoms with van der Waals surface area (Å²) in [5.41, 5.74) is 2.70. The molecule has 2 heteroatoms. The summed E-state index contributed by atoms with van der Waals surface area (Å²) >= 11 is 0. The zero-order valence-corrected chi connectivity index (χ0v) is 10.7. The first-order valence-corrected chi connectivity index (χ1v) is 6.74. The Morgan fingerprint density at radius 3 is 2.76 bits per heavy atom. The maximum atomic E-state index is 8.86. The number of nitrogens with zero attached hydrogens (tertiary/aromatic N) is 1. The van der Waals surface area contributed by atoms with Gasteiger partial charge in [-0.15, -0.1) is 0 Å². The highest BCUT2D eigenvalue weighted by Crippen LogP contribution is 2.23. The number of benzene rings is 1. The quantitative estimate of drug-likeness (QED) is 0.864. The Bertz CT molecular complexity index is 343. The lowest BCUT2D eigenvalue weighted by Gasteiger charge is -2.32. The molecule has 17 heavy (non-hydrogen) atoms. The van der Waals surface area contributed by atoms with Crippen LogP contribution >= 0.6 is 0 Å². The van der Waals surface area contributed by atoms with E-state index in [1.165, 1.54) is 37.2 Å². The normalized spacial score (nSPS) is 17.4. The molecule has 1 N–H and O–H groups in total. The molecule has 0 spiro atoms. The van der Waals surface area contributed by atoms with Gasteiger partial charge >= 0.3 is 0 Å². The second kappa shape index (κ2) is 6.06. The molecule has 0 amide bonds. The number of anilines is 1. The van der Waals surface area contributed by atoms with E-state index in [9.17, 15) is 0 Å². The summed E-state index contributed by atoms with van der Waals surface area (Å²) < 4.78 is 0. The Kier molecular flexibility index (Phi) is 4.43. The largest absolute Gasteiger partial charge is 0.396 e. The summed E-state index contributed by atoms with van der Waals surface area (Å²) in [6.45, 7) is 5.00. The van der Waals surface area contributed by atoms with Gasteiger partial charge in [-0.2, -0.15) is 0 Å². The van der Waals surface area contributed by atoms with Crippen LogP contribution in [0.15, 0.2) is 24.3 Å². The number of hydrogen-bond donors (Lipinski definition) is 1. The minimum atomic E-state index is 0.283. The van der Waals surface area contributed by atoms with E-state index in [4.69, 9.17) is 5.11 Å². The van der Waals surface area contributed by atoms with Gasteiger partial charge in [0, 0.05) is 25.4 Å². The first kappa shape index (κ1) is 12.4. The molecule has 0 bridgehead atoms. The minimum absolute atomic E-state index is 0.283. The summed E-state index contributed by atoms with van der Waals surface area (Å²) in [6, 6.07) is 8.79. The molecule has 0 saturated carbocycles. The molecule has 94 valence electrons. The van der Waals surface area contributed by atoms with Crippen LogP contribution in [-0.2, 0) is 6.42 Å². The lowest BCUT2D eigenvalue weighted by molar-refractivity contribution is 0.288. The third-order valence-corrected chi connectivity index (χ3v) is 3.68. The molecule has 2 nitrogen and oxygen atoms in total. The van der Waals surface area contributed by atoms with Crippen molar-refractivity contribution in [3.63, 3.8) is 0 Å². The van der Waals surface area contributed by atoms with Crippen LogP contribution in [0.1, 0.15) is 31.7 Å². The van der Waals surface area contributed by atoms with E-state index >= 15 is 0 Å². The predicted molar refractivity (Wildman–Crippen MR) is 72.5 cm³/mol. The van der Waals surface area contributed by atoms with Crippen molar-refractivity contribution in [3.05, 3.63) is 29.8 Å². The zero-order valence-electron chi connectivity index (χ0n) is 10.7. The van der Waals surface area contributed by atoms with Crippen LogP contribution in [0.3, 0.4) is 0 Å². The third-order valence-electron chi connectivity index (χ3n) is 3.68. The number of piperidine rings is 1. The number of aliphatic hydroxyl groups excluding tert-OH is 1. The highest BCUT2D eigenvalue weighted by Gasteiger charge is 2.15. The van der Waals surface area contributed by atoms with Crippen LogP contribution in [-0.4, -0.2) is 24.8 Å². The molecule has 0 unspecified atom stereocenters. The fourth-order valence-corrected chi connectivity index (χ4v) is 2.46. The number of aliphatic hydroxyl groups is 1. The van der Waals surface area contributed by atoms with Gasteiger partial charge in [0.15, 0.2) is 0 Å². The average Bonchev–Trinajstić information content (AvgIpc) is 2.37. The molecule has 0 radical (unpaired) electrons. The topological polar surface area (TPSA) is 23.5 Å². The van der Waals surface area contributed by atoms with Crippen LogP contribution in [0.4, 0.5) is 5.69 Å². The highest BCUT2D eigenvalue weighted by molar-refractivity contribution is 5.49. The molecular weight excluding hydrogens is 210 g/mol. The monoisotopic (exact) mass is 233 g/mol. The van der Waals surface area contributed by atoms with Crippen molar-refractivity contribution < 1.29 is 5.11 Å². The van der Waals surface area contributed by atoms with Crippen LogP contribution < -0.4 is 4.90 Å². The third kappa shape index (κ3) is 3.47. The number of rotatable bonds is 4. The van der Waals surface area contributed by atoms with Gasteiger partial charge < -0.3 is 10.0 Å². The molecule has 1 aliphatic rings. The SMILES string of the molecule is CC1CCN(c2cccc(CCCO)c2)CC1. The predicted octanol–water partition coefficient (Wildman–Crippen LogP) is 2.85. The van der Waals surface area contributed by atoms with E-state index in [0.29, 0.717) is 0 Å². The molecule has 1 aromatic rings. The van der Waals surface area contributed by atoms with E-state index in [2.05, 4.69) is 36.1 Å². The lowest BCUT2D eigenvalue weighted by Crippen LogP contribution is -2.32. The zero-order chi connectivity index (χ0) is 12.1. The Morgan fingerprint density at radius 2 is 2.06 bits per heavy atom. The number of aryl methyl sites for hydroxylation is 1. The van der Waals surface area contributed by atoms with Gasteiger partial charge in [-0.1, -0.05) is 19.1 Å². The molecule has 2 rings (SSSR count). The molecule has 0 atom stereocenters. The first-order valence-electron chi connectivity index (χ1n) is 6.74. The van der Waals surface area contributed by atoms with Crippen LogP contribution in [0, 0.1) is 5.92 Å². The summed E-state index contributed by atoms with van der Waals surface area (Å²) in [5, 5.41) is 8.86. The molecule has 1 aromatic carbocycles. The Labute approximate surface area is 104 Å². The first-order chi connectivity index (χ1) is 8.29. The summed E-state index contributed by atoms with van der Waals surface area (Å²) in [5.74, 6) is 0.879. The van der Waals surface area contributed by atoms with Gasteiger partial charge in [-0.3, -0.25) is 0 Å². The molecule has 0 aromatic heterocycles. The van der Waals surface area contributed by atoms with E-state index < -0.39 is 0 Å². The second-order valence-electron chi connectivity index (χ2n) is 5.17. The van der Waals surface area contributed by atoms with Gasteiger partial charge in [0.2, 0.25) is 0 Å². The van der Waals surface area contributed by atoms with Crippen molar-refractivity contribution in [1.82, 2.24) is 0 Å². The molecule has 1 heterocycles. The van der Waals surface area contributed by atoms with Crippen LogP contribution in [0.25, 0.3) is 0 Å². The van der Waals surface area contributed by atoms with Gasteiger partial charge in [-0.25, -0.2) is 0 Å². The minimum Gasteiger partial charge on any atom is -0.396 e. The Hall–Kier alpha value is -1.02. The van der Waals surface area contributed by atoms with Crippen molar-refractivity contribution in [3.8, 4) is 0 Å². The molecule has 1 fully saturated rings. The van der Waals surface area contributed by atoms with E-state index in [-0.39, 0.29) is 6.61 Å². The standard InChI is InChI=1S/C15H23NO/c1-13-7-9-16(10-8-13)15-6-2-4-14(12-15)5-3-11-17/h2,4,6,12-13,17H,3,5,7-11H2,1H3. The van der Waals surface area contributed by atoms with E-state index in [1.807, 2.05) is 0 Å². The van der Waals surface area contributed by atoms with Crippen LogP contribution in [0.2, 0.25) is 0 Å². The lowest BCUT2D eigenvalue weighted by atomic mass is 9.98. The molecule has 1 saturated heterocycles. The van der Waals surface area contributed by atoms with Gasteiger partial charge in [-0.05, 0) is 49.3 Å². The molecular formula is C15H23NO. The number of hydrogen-bond acceptors (Lipinski definition) is 2. The van der Waals surface area contributed by atoms with Crippen molar-refractivity contribution >= 4 is 5.69 Å². The summed E-state index contributed by atoms with van der Waals surface area (Å²) in [6.07, 6.45) is 4.46. The summed E-state index contributed by atoms with van der Waals surface area (Å²) in [4.78, 5) is 2.49. The molecule has 1 aliphatic heterocycles. The van der Waals surface area contributed by atoms with Gasteiger partial charge in [0.25, 0.3) is 0 Å². The maximum Gasteiger partial charge on any atom is 0.0434 e. The smallest absolute Gasteiger partial charge is 0.0434 e. The van der Waals surface area contributed by atoms with E-state index in [0.717, 1.165) is 18.8 Å². The van der Waals surface area contributed by atoms with Gasteiger partial charge in [0.1, 0.15) is 0 Å². The van der Waals surface area contributed by atoms with Crippen molar-refractivity contribution in [2.75, 3.05) is 24.6 Å².